The molecule has 0 saturated carbocycles. The largest absolute Gasteiger partial charge is 0.497 e. The van der Waals surface area contributed by atoms with Crippen LogP contribution in [0.3, 0.4) is 0 Å². The molecule has 0 fully saturated rings. The first-order valence-electron chi connectivity index (χ1n) is 13.0. The lowest BCUT2D eigenvalue weighted by atomic mass is 10.00. The number of ether oxygens (including phenoxy) is 3. The number of benzene rings is 2. The molecule has 202 valence electrons. The molecule has 1 aliphatic rings. The van der Waals surface area contributed by atoms with E-state index in [-0.39, 0.29) is 24.4 Å². The summed E-state index contributed by atoms with van der Waals surface area (Å²) in [6, 6.07) is 16.4. The van der Waals surface area contributed by atoms with Crippen molar-refractivity contribution in [3.05, 3.63) is 76.0 Å². The van der Waals surface area contributed by atoms with Crippen LogP contribution in [-0.4, -0.2) is 62.1 Å². The third kappa shape index (κ3) is 6.48. The van der Waals surface area contributed by atoms with Crippen molar-refractivity contribution in [1.82, 2.24) is 9.80 Å². The van der Waals surface area contributed by atoms with Crippen LogP contribution in [0.1, 0.15) is 47.1 Å². The molecule has 1 unspecified atom stereocenters. The SMILES string of the molecule is COc1ccc(C(=O)N(CCC(C)C)CC(=O)N2CCc3sccc3C2COc2ccccc2OC)cc1. The van der Waals surface area contributed by atoms with Gasteiger partial charge < -0.3 is 24.0 Å². The van der Waals surface area contributed by atoms with Crippen molar-refractivity contribution in [3.8, 4) is 17.2 Å². The zero-order valence-corrected chi connectivity index (χ0v) is 23.3. The molecule has 4 rings (SSSR count). The van der Waals surface area contributed by atoms with Crippen LogP contribution < -0.4 is 14.2 Å². The smallest absolute Gasteiger partial charge is 0.254 e. The van der Waals surface area contributed by atoms with Crippen molar-refractivity contribution in [1.29, 1.82) is 0 Å². The first-order chi connectivity index (χ1) is 18.4. The zero-order valence-electron chi connectivity index (χ0n) is 22.5. The van der Waals surface area contributed by atoms with Gasteiger partial charge in [-0.25, -0.2) is 0 Å². The Kier molecular flexibility index (Phi) is 9.29. The van der Waals surface area contributed by atoms with Gasteiger partial charge in [0.15, 0.2) is 11.5 Å². The first-order valence-corrected chi connectivity index (χ1v) is 13.8. The number of nitrogens with zero attached hydrogens (tertiary/aromatic N) is 2. The Labute approximate surface area is 228 Å². The van der Waals surface area contributed by atoms with Gasteiger partial charge in [-0.2, -0.15) is 0 Å². The number of amides is 2. The molecule has 0 bridgehead atoms. The Morgan fingerprint density at radius 3 is 2.45 bits per heavy atom. The van der Waals surface area contributed by atoms with Crippen molar-refractivity contribution in [2.75, 3.05) is 40.5 Å². The predicted molar refractivity (Wildman–Crippen MR) is 149 cm³/mol. The average molecular weight is 537 g/mol. The van der Waals surface area contributed by atoms with Crippen LogP contribution in [0, 0.1) is 5.92 Å². The Bertz CT molecular complexity index is 1220. The third-order valence-electron chi connectivity index (χ3n) is 6.81. The molecular weight excluding hydrogens is 500 g/mol. The highest BCUT2D eigenvalue weighted by Gasteiger charge is 2.34. The van der Waals surface area contributed by atoms with Gasteiger partial charge >= 0.3 is 0 Å². The molecule has 2 amide bonds. The number of fused-ring (bicyclic) bond motifs is 1. The minimum absolute atomic E-state index is 0.0161. The summed E-state index contributed by atoms with van der Waals surface area (Å²) in [7, 11) is 3.21. The number of rotatable bonds is 11. The fraction of sp³-hybridized carbons (Fsp3) is 0.400. The summed E-state index contributed by atoms with van der Waals surface area (Å²) in [5.41, 5.74) is 1.65. The van der Waals surface area contributed by atoms with E-state index in [0.29, 0.717) is 48.4 Å². The molecular formula is C30H36N2O5S. The monoisotopic (exact) mass is 536 g/mol. The number of thiophene rings is 1. The van der Waals surface area contributed by atoms with Gasteiger partial charge in [0.2, 0.25) is 5.91 Å². The van der Waals surface area contributed by atoms with Crippen molar-refractivity contribution in [2.24, 2.45) is 5.92 Å². The lowest BCUT2D eigenvalue weighted by molar-refractivity contribution is -0.135. The normalized spacial score (nSPS) is 14.7. The molecule has 0 radical (unpaired) electrons. The summed E-state index contributed by atoms with van der Waals surface area (Å²) in [6.45, 7) is 5.64. The molecule has 38 heavy (non-hydrogen) atoms. The summed E-state index contributed by atoms with van der Waals surface area (Å²) in [6.07, 6.45) is 1.60. The molecule has 3 aromatic rings. The van der Waals surface area contributed by atoms with Crippen LogP contribution in [-0.2, 0) is 11.2 Å². The lowest BCUT2D eigenvalue weighted by Gasteiger charge is -2.37. The van der Waals surface area contributed by atoms with Crippen molar-refractivity contribution in [2.45, 2.75) is 32.7 Å². The van der Waals surface area contributed by atoms with E-state index in [9.17, 15) is 9.59 Å². The Balaban J connectivity index is 1.54. The maximum absolute atomic E-state index is 13.8. The fourth-order valence-electron chi connectivity index (χ4n) is 4.62. The molecule has 2 aromatic carbocycles. The number of carbonyl (C=O) groups is 2. The highest BCUT2D eigenvalue weighted by Crippen LogP contribution is 2.35. The molecule has 1 atom stereocenters. The van der Waals surface area contributed by atoms with Gasteiger partial charge in [0, 0.05) is 23.5 Å². The first kappa shape index (κ1) is 27.5. The Morgan fingerprint density at radius 2 is 1.76 bits per heavy atom. The quantitative estimate of drug-likeness (QED) is 0.326. The summed E-state index contributed by atoms with van der Waals surface area (Å²) in [5, 5.41) is 2.07. The van der Waals surface area contributed by atoms with Gasteiger partial charge in [0.05, 0.1) is 20.3 Å². The Morgan fingerprint density at radius 1 is 1.03 bits per heavy atom. The molecule has 0 saturated heterocycles. The summed E-state index contributed by atoms with van der Waals surface area (Å²) in [5.74, 6) is 2.14. The second-order valence-electron chi connectivity index (χ2n) is 9.75. The number of methoxy groups -OCH3 is 2. The van der Waals surface area contributed by atoms with Crippen LogP contribution in [0.5, 0.6) is 17.2 Å². The van der Waals surface area contributed by atoms with E-state index in [4.69, 9.17) is 14.2 Å². The topological polar surface area (TPSA) is 68.3 Å². The van der Waals surface area contributed by atoms with Crippen molar-refractivity contribution < 1.29 is 23.8 Å². The number of hydrogen-bond acceptors (Lipinski definition) is 6. The minimum Gasteiger partial charge on any atom is -0.497 e. The molecule has 0 N–H and O–H groups in total. The van der Waals surface area contributed by atoms with Crippen molar-refractivity contribution >= 4 is 23.2 Å². The van der Waals surface area contributed by atoms with E-state index in [1.54, 1.807) is 54.7 Å². The second kappa shape index (κ2) is 12.8. The van der Waals surface area contributed by atoms with E-state index in [0.717, 1.165) is 18.4 Å². The number of hydrogen-bond donors (Lipinski definition) is 0. The van der Waals surface area contributed by atoms with Crippen LogP contribution in [0.2, 0.25) is 0 Å². The number of carbonyl (C=O) groups excluding carboxylic acids is 2. The maximum atomic E-state index is 13.8. The molecule has 2 heterocycles. The van der Waals surface area contributed by atoms with E-state index in [1.165, 1.54) is 4.88 Å². The summed E-state index contributed by atoms with van der Waals surface area (Å²) < 4.78 is 16.9. The van der Waals surface area contributed by atoms with E-state index >= 15 is 0 Å². The minimum atomic E-state index is -0.245. The predicted octanol–water partition coefficient (Wildman–Crippen LogP) is 5.46. The average Bonchev–Trinajstić information content (AvgIpc) is 3.43. The fourth-order valence-corrected chi connectivity index (χ4v) is 5.55. The van der Waals surface area contributed by atoms with Gasteiger partial charge in [-0.05, 0) is 72.2 Å². The van der Waals surface area contributed by atoms with Crippen LogP contribution in [0.15, 0.2) is 60.0 Å². The molecule has 0 spiro atoms. The molecule has 0 aliphatic carbocycles. The maximum Gasteiger partial charge on any atom is 0.254 e. The van der Waals surface area contributed by atoms with Gasteiger partial charge in [0.1, 0.15) is 18.9 Å². The molecule has 1 aromatic heterocycles. The Hall–Kier alpha value is -3.52. The highest BCUT2D eigenvalue weighted by atomic mass is 32.1. The van der Waals surface area contributed by atoms with Crippen LogP contribution >= 0.6 is 11.3 Å². The highest BCUT2D eigenvalue weighted by molar-refractivity contribution is 7.10. The van der Waals surface area contributed by atoms with E-state index in [1.807, 2.05) is 29.2 Å². The molecule has 8 heteroatoms. The van der Waals surface area contributed by atoms with E-state index in [2.05, 4.69) is 25.3 Å². The third-order valence-corrected chi connectivity index (χ3v) is 7.80. The summed E-state index contributed by atoms with van der Waals surface area (Å²) >= 11 is 1.71. The van der Waals surface area contributed by atoms with Crippen molar-refractivity contribution in [3.63, 3.8) is 0 Å². The number of para-hydroxylation sites is 2. The van der Waals surface area contributed by atoms with Gasteiger partial charge in [0.25, 0.3) is 5.91 Å². The lowest BCUT2D eigenvalue weighted by Crippen LogP contribution is -2.48. The summed E-state index contributed by atoms with van der Waals surface area (Å²) in [4.78, 5) is 32.1. The zero-order chi connectivity index (χ0) is 27.1. The van der Waals surface area contributed by atoms with Gasteiger partial charge in [-0.1, -0.05) is 26.0 Å². The standard InChI is InChI=1S/C30H36N2O5S/c1-21(2)13-16-31(30(34)22-9-11-23(35-3)12-10-22)19-29(33)32-17-14-28-24(15-18-38-28)25(32)20-37-27-8-6-5-7-26(27)36-4/h5-12,15,18,21,25H,13-14,16-17,19-20H2,1-4H3. The van der Waals surface area contributed by atoms with Crippen LogP contribution in [0.25, 0.3) is 0 Å². The second-order valence-corrected chi connectivity index (χ2v) is 10.8. The van der Waals surface area contributed by atoms with E-state index < -0.39 is 0 Å². The van der Waals surface area contributed by atoms with Crippen LogP contribution in [0.4, 0.5) is 0 Å². The van der Waals surface area contributed by atoms with Gasteiger partial charge in [-0.15, -0.1) is 11.3 Å². The van der Waals surface area contributed by atoms with Gasteiger partial charge in [-0.3, -0.25) is 9.59 Å². The molecule has 7 nitrogen and oxygen atoms in total. The molecule has 1 aliphatic heterocycles.